The molecule has 0 aromatic carbocycles. The fraction of sp³-hybridized carbons (Fsp3) is 0.500. The van der Waals surface area contributed by atoms with Crippen molar-refractivity contribution in [3.8, 4) is 0 Å². The van der Waals surface area contributed by atoms with Gasteiger partial charge in [-0.2, -0.15) is 10.2 Å². The Morgan fingerprint density at radius 1 is 1.35 bits per heavy atom. The molecule has 2 heterocycles. The Bertz CT molecular complexity index is 495. The summed E-state index contributed by atoms with van der Waals surface area (Å²) in [5, 5.41) is 12.0. The average Bonchev–Trinajstić information content (AvgIpc) is 2.82. The number of rotatable bonds is 4. The van der Waals surface area contributed by atoms with Crippen LogP contribution in [0.1, 0.15) is 31.2 Å². The van der Waals surface area contributed by atoms with Crippen LogP contribution in [0.5, 0.6) is 0 Å². The van der Waals surface area contributed by atoms with Crippen molar-refractivity contribution < 1.29 is 0 Å². The third-order valence-electron chi connectivity index (χ3n) is 2.79. The van der Waals surface area contributed by atoms with Crippen LogP contribution in [0.4, 0.5) is 5.69 Å². The molecule has 0 spiro atoms. The van der Waals surface area contributed by atoms with Crippen LogP contribution in [0.25, 0.3) is 0 Å². The average molecular weight is 233 g/mol. The van der Waals surface area contributed by atoms with E-state index in [4.69, 9.17) is 0 Å². The van der Waals surface area contributed by atoms with E-state index < -0.39 is 0 Å². The Labute approximate surface area is 101 Å². The third-order valence-corrected chi connectivity index (χ3v) is 2.79. The van der Waals surface area contributed by atoms with Gasteiger partial charge >= 0.3 is 0 Å². The van der Waals surface area contributed by atoms with Gasteiger partial charge in [0, 0.05) is 26.5 Å². The summed E-state index contributed by atoms with van der Waals surface area (Å²) in [5.74, 6) is 0.422. The molecule has 5 nitrogen and oxygen atoms in total. The highest BCUT2D eigenvalue weighted by atomic mass is 15.3. The molecule has 0 saturated carbocycles. The standard InChI is InChI=1S/C12H19N5/c1-9(2)12-11(8-16(3)15-12)13-7-10-5-6-14-17(10)4/h5-6,8-9,13H,7H2,1-4H3. The van der Waals surface area contributed by atoms with Crippen LogP contribution in [-0.4, -0.2) is 19.6 Å². The fourth-order valence-corrected chi connectivity index (χ4v) is 1.83. The number of aryl methyl sites for hydroxylation is 2. The fourth-order valence-electron chi connectivity index (χ4n) is 1.83. The van der Waals surface area contributed by atoms with Crippen LogP contribution >= 0.6 is 0 Å². The van der Waals surface area contributed by atoms with E-state index in [2.05, 4.69) is 29.4 Å². The van der Waals surface area contributed by atoms with Gasteiger partial charge in [0.1, 0.15) is 0 Å². The summed E-state index contributed by atoms with van der Waals surface area (Å²) in [6.07, 6.45) is 3.83. The topological polar surface area (TPSA) is 47.7 Å². The maximum absolute atomic E-state index is 4.46. The maximum atomic E-state index is 4.46. The van der Waals surface area contributed by atoms with E-state index in [0.29, 0.717) is 5.92 Å². The first kappa shape index (κ1) is 11.7. The molecule has 0 amide bonds. The van der Waals surface area contributed by atoms with Gasteiger partial charge in [0.05, 0.1) is 23.6 Å². The molecule has 5 heteroatoms. The zero-order valence-electron chi connectivity index (χ0n) is 10.8. The summed E-state index contributed by atoms with van der Waals surface area (Å²) >= 11 is 0. The molecule has 2 rings (SSSR count). The monoisotopic (exact) mass is 233 g/mol. The molecule has 0 aliphatic rings. The van der Waals surface area contributed by atoms with Gasteiger partial charge in [-0.25, -0.2) is 0 Å². The lowest BCUT2D eigenvalue weighted by Crippen LogP contribution is -2.06. The predicted molar refractivity (Wildman–Crippen MR) is 67.8 cm³/mol. The first-order valence-electron chi connectivity index (χ1n) is 5.82. The molecule has 0 unspecified atom stereocenters. The van der Waals surface area contributed by atoms with Gasteiger partial charge < -0.3 is 5.32 Å². The number of anilines is 1. The molecular formula is C12H19N5. The normalized spacial score (nSPS) is 11.1. The lowest BCUT2D eigenvalue weighted by Gasteiger charge is -2.08. The van der Waals surface area contributed by atoms with Gasteiger partial charge in [-0.3, -0.25) is 9.36 Å². The van der Waals surface area contributed by atoms with Crippen molar-refractivity contribution >= 4 is 5.69 Å². The minimum absolute atomic E-state index is 0.422. The predicted octanol–water partition coefficient (Wildman–Crippen LogP) is 1.89. The van der Waals surface area contributed by atoms with Crippen molar-refractivity contribution in [1.29, 1.82) is 0 Å². The number of hydrogen-bond acceptors (Lipinski definition) is 3. The van der Waals surface area contributed by atoms with Crippen molar-refractivity contribution in [2.75, 3.05) is 5.32 Å². The minimum Gasteiger partial charge on any atom is -0.377 e. The first-order valence-corrected chi connectivity index (χ1v) is 5.82. The van der Waals surface area contributed by atoms with E-state index in [0.717, 1.165) is 23.6 Å². The molecule has 0 bridgehead atoms. The van der Waals surface area contributed by atoms with Gasteiger partial charge in [0.15, 0.2) is 0 Å². The minimum atomic E-state index is 0.422. The molecule has 1 N–H and O–H groups in total. The van der Waals surface area contributed by atoms with Crippen LogP contribution in [0, 0.1) is 0 Å². The van der Waals surface area contributed by atoms with Crippen molar-refractivity contribution in [3.05, 3.63) is 29.8 Å². The smallest absolute Gasteiger partial charge is 0.0881 e. The van der Waals surface area contributed by atoms with Gasteiger partial charge in [0.2, 0.25) is 0 Å². The van der Waals surface area contributed by atoms with Crippen molar-refractivity contribution in [3.63, 3.8) is 0 Å². The van der Waals surface area contributed by atoms with Crippen LogP contribution < -0.4 is 5.32 Å². The highest BCUT2D eigenvalue weighted by molar-refractivity contribution is 5.47. The molecule has 0 radical (unpaired) electrons. The molecular weight excluding hydrogens is 214 g/mol. The summed E-state index contributed by atoms with van der Waals surface area (Å²) in [5.41, 5.74) is 3.36. The number of nitrogens with zero attached hydrogens (tertiary/aromatic N) is 4. The highest BCUT2D eigenvalue weighted by Gasteiger charge is 2.11. The summed E-state index contributed by atoms with van der Waals surface area (Å²) in [6.45, 7) is 5.07. The van der Waals surface area contributed by atoms with E-state index in [9.17, 15) is 0 Å². The largest absolute Gasteiger partial charge is 0.377 e. The van der Waals surface area contributed by atoms with Gasteiger partial charge in [-0.15, -0.1) is 0 Å². The van der Waals surface area contributed by atoms with E-state index in [1.54, 1.807) is 0 Å². The maximum Gasteiger partial charge on any atom is 0.0881 e. The van der Waals surface area contributed by atoms with Crippen LogP contribution in [0.2, 0.25) is 0 Å². The Morgan fingerprint density at radius 3 is 2.71 bits per heavy atom. The molecule has 0 aliphatic heterocycles. The van der Waals surface area contributed by atoms with Crippen LogP contribution in [-0.2, 0) is 20.6 Å². The molecule has 2 aromatic rings. The number of aromatic nitrogens is 4. The van der Waals surface area contributed by atoms with E-state index in [-0.39, 0.29) is 0 Å². The van der Waals surface area contributed by atoms with Crippen molar-refractivity contribution in [1.82, 2.24) is 19.6 Å². The molecule has 92 valence electrons. The Kier molecular flexibility index (Phi) is 3.17. The van der Waals surface area contributed by atoms with E-state index >= 15 is 0 Å². The molecule has 17 heavy (non-hydrogen) atoms. The second kappa shape index (κ2) is 4.61. The zero-order valence-corrected chi connectivity index (χ0v) is 10.8. The first-order chi connectivity index (χ1) is 8.08. The summed E-state index contributed by atoms with van der Waals surface area (Å²) in [7, 11) is 3.89. The van der Waals surface area contributed by atoms with Gasteiger partial charge in [0.25, 0.3) is 0 Å². The second-order valence-corrected chi connectivity index (χ2v) is 4.56. The quantitative estimate of drug-likeness (QED) is 0.877. The Hall–Kier alpha value is -1.78. The molecule has 0 aliphatic carbocycles. The molecule has 0 atom stereocenters. The summed E-state index contributed by atoms with van der Waals surface area (Å²) in [6, 6.07) is 2.01. The van der Waals surface area contributed by atoms with Gasteiger partial charge in [-0.05, 0) is 12.0 Å². The third kappa shape index (κ3) is 2.49. The van der Waals surface area contributed by atoms with Crippen LogP contribution in [0.15, 0.2) is 18.5 Å². The van der Waals surface area contributed by atoms with Crippen molar-refractivity contribution in [2.45, 2.75) is 26.3 Å². The Balaban J connectivity index is 2.11. The number of nitrogens with one attached hydrogen (secondary N) is 1. The second-order valence-electron chi connectivity index (χ2n) is 4.56. The molecule has 0 fully saturated rings. The summed E-state index contributed by atoms with van der Waals surface area (Å²) < 4.78 is 3.72. The number of hydrogen-bond donors (Lipinski definition) is 1. The van der Waals surface area contributed by atoms with E-state index in [1.165, 1.54) is 0 Å². The van der Waals surface area contributed by atoms with E-state index in [1.807, 2.05) is 41.9 Å². The zero-order chi connectivity index (χ0) is 12.4. The van der Waals surface area contributed by atoms with Gasteiger partial charge in [-0.1, -0.05) is 13.8 Å². The van der Waals surface area contributed by atoms with Crippen LogP contribution in [0.3, 0.4) is 0 Å². The highest BCUT2D eigenvalue weighted by Crippen LogP contribution is 2.22. The Morgan fingerprint density at radius 2 is 2.12 bits per heavy atom. The SMILES string of the molecule is CC(C)c1nn(C)cc1NCc1ccnn1C. The van der Waals surface area contributed by atoms with Crippen molar-refractivity contribution in [2.24, 2.45) is 14.1 Å². The summed E-state index contributed by atoms with van der Waals surface area (Å²) in [4.78, 5) is 0. The lowest BCUT2D eigenvalue weighted by molar-refractivity contribution is 0.712. The molecule has 0 saturated heterocycles. The molecule has 2 aromatic heterocycles. The lowest BCUT2D eigenvalue weighted by atomic mass is 10.1.